The van der Waals surface area contributed by atoms with E-state index in [-0.39, 0.29) is 5.56 Å². The van der Waals surface area contributed by atoms with Crippen LogP contribution in [0, 0.1) is 6.92 Å². The maximum absolute atomic E-state index is 12.6. The molecule has 1 aliphatic heterocycles. The Bertz CT molecular complexity index is 938. The second-order valence-corrected chi connectivity index (χ2v) is 5.62. The minimum absolute atomic E-state index is 0.134. The highest BCUT2D eigenvalue weighted by Crippen LogP contribution is 2.32. The normalized spacial score (nSPS) is 12.5. The maximum atomic E-state index is 12.6. The molecule has 104 valence electrons. The fourth-order valence-electron chi connectivity index (χ4n) is 3.27. The van der Waals surface area contributed by atoms with Crippen molar-refractivity contribution in [3.8, 4) is 11.4 Å². The molecule has 0 saturated heterocycles. The van der Waals surface area contributed by atoms with Crippen LogP contribution in [-0.4, -0.2) is 9.55 Å². The number of hydrogen-bond acceptors (Lipinski definition) is 2. The Labute approximate surface area is 122 Å². The highest BCUT2D eigenvalue weighted by molar-refractivity contribution is 5.83. The Balaban J connectivity index is 2.04. The van der Waals surface area contributed by atoms with E-state index in [2.05, 4.69) is 18.2 Å². The summed E-state index contributed by atoms with van der Waals surface area (Å²) in [7, 11) is 0. The monoisotopic (exact) mass is 276 g/mol. The first-order valence-electron chi connectivity index (χ1n) is 7.31. The van der Waals surface area contributed by atoms with E-state index in [0.717, 1.165) is 45.4 Å². The van der Waals surface area contributed by atoms with Crippen LogP contribution >= 0.6 is 0 Å². The number of benzene rings is 1. The predicted octanol–water partition coefficient (Wildman–Crippen LogP) is 3.30. The molecule has 4 rings (SSSR count). The standard InChI is InChI=1S/C18H16N2O/c1-3-14-11(2)8-16-17-13(10-20(16)18(14)21)9-12-6-4-5-7-15(12)19-17/h4-9H,3,10H2,1-2H3. The molecular formula is C18H16N2O. The molecule has 0 aliphatic carbocycles. The van der Waals surface area contributed by atoms with Crippen LogP contribution < -0.4 is 5.56 Å². The molecule has 0 unspecified atom stereocenters. The molecule has 0 radical (unpaired) electrons. The summed E-state index contributed by atoms with van der Waals surface area (Å²) >= 11 is 0. The fourth-order valence-corrected chi connectivity index (χ4v) is 3.27. The molecule has 3 aromatic rings. The Morgan fingerprint density at radius 3 is 2.86 bits per heavy atom. The number of aryl methyl sites for hydroxylation is 1. The van der Waals surface area contributed by atoms with E-state index in [1.54, 1.807) is 0 Å². The minimum atomic E-state index is 0.134. The molecular weight excluding hydrogens is 260 g/mol. The number of hydrogen-bond donors (Lipinski definition) is 0. The second-order valence-electron chi connectivity index (χ2n) is 5.62. The average Bonchev–Trinajstić information content (AvgIpc) is 2.83. The van der Waals surface area contributed by atoms with Gasteiger partial charge in [-0.05, 0) is 37.1 Å². The first-order chi connectivity index (χ1) is 10.2. The van der Waals surface area contributed by atoms with Gasteiger partial charge in [0.2, 0.25) is 0 Å². The average molecular weight is 276 g/mol. The Morgan fingerprint density at radius 1 is 1.24 bits per heavy atom. The second kappa shape index (κ2) is 4.29. The number of fused-ring (bicyclic) bond motifs is 4. The van der Waals surface area contributed by atoms with Gasteiger partial charge in [0.1, 0.15) is 0 Å². The lowest BCUT2D eigenvalue weighted by Crippen LogP contribution is -2.23. The van der Waals surface area contributed by atoms with E-state index < -0.39 is 0 Å². The zero-order valence-corrected chi connectivity index (χ0v) is 12.2. The van der Waals surface area contributed by atoms with Crippen LogP contribution in [0.5, 0.6) is 0 Å². The Kier molecular flexibility index (Phi) is 2.52. The van der Waals surface area contributed by atoms with E-state index in [0.29, 0.717) is 6.54 Å². The van der Waals surface area contributed by atoms with Gasteiger partial charge in [0.15, 0.2) is 0 Å². The fraction of sp³-hybridized carbons (Fsp3) is 0.222. The number of rotatable bonds is 1. The minimum Gasteiger partial charge on any atom is -0.302 e. The molecule has 0 amide bonds. The summed E-state index contributed by atoms with van der Waals surface area (Å²) in [6, 6.07) is 12.4. The van der Waals surface area contributed by atoms with Gasteiger partial charge >= 0.3 is 0 Å². The van der Waals surface area contributed by atoms with Gasteiger partial charge in [-0.1, -0.05) is 25.1 Å². The molecule has 1 aromatic carbocycles. The van der Waals surface area contributed by atoms with E-state index >= 15 is 0 Å². The summed E-state index contributed by atoms with van der Waals surface area (Å²) < 4.78 is 1.86. The zero-order chi connectivity index (χ0) is 14.6. The Hall–Kier alpha value is -2.42. The van der Waals surface area contributed by atoms with Gasteiger partial charge in [0.25, 0.3) is 5.56 Å². The lowest BCUT2D eigenvalue weighted by atomic mass is 10.1. The van der Waals surface area contributed by atoms with Gasteiger partial charge in [-0.15, -0.1) is 0 Å². The molecule has 1 aliphatic rings. The Morgan fingerprint density at radius 2 is 2.05 bits per heavy atom. The van der Waals surface area contributed by atoms with Crippen LogP contribution in [0.2, 0.25) is 0 Å². The summed E-state index contributed by atoms with van der Waals surface area (Å²) in [4.78, 5) is 17.4. The van der Waals surface area contributed by atoms with Gasteiger partial charge in [-0.25, -0.2) is 4.98 Å². The number of nitrogens with zero attached hydrogens (tertiary/aromatic N) is 2. The van der Waals surface area contributed by atoms with Crippen LogP contribution in [0.15, 0.2) is 41.2 Å². The predicted molar refractivity (Wildman–Crippen MR) is 84.7 cm³/mol. The van der Waals surface area contributed by atoms with E-state index in [4.69, 9.17) is 4.98 Å². The number of aromatic nitrogens is 2. The molecule has 21 heavy (non-hydrogen) atoms. The molecule has 0 N–H and O–H groups in total. The lowest BCUT2D eigenvalue weighted by Gasteiger charge is -2.08. The quantitative estimate of drug-likeness (QED) is 0.534. The SMILES string of the molecule is CCc1c(C)cc2n(c1=O)Cc1cc3ccccc3nc1-2. The third kappa shape index (κ3) is 1.67. The van der Waals surface area contributed by atoms with Gasteiger partial charge in [0, 0.05) is 16.5 Å². The molecule has 0 fully saturated rings. The third-order valence-corrected chi connectivity index (χ3v) is 4.35. The number of para-hydroxylation sites is 1. The summed E-state index contributed by atoms with van der Waals surface area (Å²) in [6.45, 7) is 4.68. The maximum Gasteiger partial charge on any atom is 0.254 e. The van der Waals surface area contributed by atoms with Crippen molar-refractivity contribution in [2.24, 2.45) is 0 Å². The van der Waals surface area contributed by atoms with Gasteiger partial charge < -0.3 is 4.57 Å². The van der Waals surface area contributed by atoms with Crippen molar-refractivity contribution < 1.29 is 0 Å². The largest absolute Gasteiger partial charge is 0.302 e. The van der Waals surface area contributed by atoms with Crippen molar-refractivity contribution in [2.75, 3.05) is 0 Å². The molecule has 2 aromatic heterocycles. The topological polar surface area (TPSA) is 34.9 Å². The van der Waals surface area contributed by atoms with Gasteiger partial charge in [0.05, 0.1) is 23.4 Å². The molecule has 3 heterocycles. The summed E-state index contributed by atoms with van der Waals surface area (Å²) in [5.41, 5.74) is 6.14. The van der Waals surface area contributed by atoms with Gasteiger partial charge in [-0.3, -0.25) is 4.79 Å². The van der Waals surface area contributed by atoms with Crippen LogP contribution in [0.25, 0.3) is 22.3 Å². The molecule has 0 atom stereocenters. The molecule has 0 bridgehead atoms. The van der Waals surface area contributed by atoms with Crippen molar-refractivity contribution in [1.82, 2.24) is 9.55 Å². The third-order valence-electron chi connectivity index (χ3n) is 4.35. The van der Waals surface area contributed by atoms with Crippen molar-refractivity contribution in [3.63, 3.8) is 0 Å². The smallest absolute Gasteiger partial charge is 0.254 e. The summed E-state index contributed by atoms with van der Waals surface area (Å²) in [5.74, 6) is 0. The summed E-state index contributed by atoms with van der Waals surface area (Å²) in [6.07, 6.45) is 0.775. The highest BCUT2D eigenvalue weighted by Gasteiger charge is 2.23. The molecule has 3 nitrogen and oxygen atoms in total. The molecule has 0 spiro atoms. The highest BCUT2D eigenvalue weighted by atomic mass is 16.1. The number of pyridine rings is 2. The van der Waals surface area contributed by atoms with E-state index in [1.165, 1.54) is 0 Å². The van der Waals surface area contributed by atoms with Crippen LogP contribution in [0.1, 0.15) is 23.6 Å². The van der Waals surface area contributed by atoms with E-state index in [1.807, 2.05) is 36.6 Å². The van der Waals surface area contributed by atoms with E-state index in [9.17, 15) is 4.79 Å². The van der Waals surface area contributed by atoms with Crippen LogP contribution in [0.3, 0.4) is 0 Å². The van der Waals surface area contributed by atoms with Crippen molar-refractivity contribution in [3.05, 3.63) is 63.4 Å². The zero-order valence-electron chi connectivity index (χ0n) is 12.2. The van der Waals surface area contributed by atoms with Crippen molar-refractivity contribution in [1.29, 1.82) is 0 Å². The molecule has 3 heteroatoms. The first-order valence-corrected chi connectivity index (χ1v) is 7.31. The van der Waals surface area contributed by atoms with Crippen molar-refractivity contribution >= 4 is 10.9 Å². The lowest BCUT2D eigenvalue weighted by molar-refractivity contribution is 0.783. The summed E-state index contributed by atoms with van der Waals surface area (Å²) in [5, 5.41) is 1.13. The van der Waals surface area contributed by atoms with Crippen molar-refractivity contribution in [2.45, 2.75) is 26.8 Å². The van der Waals surface area contributed by atoms with Gasteiger partial charge in [-0.2, -0.15) is 0 Å². The molecule has 0 saturated carbocycles. The van der Waals surface area contributed by atoms with Crippen LogP contribution in [-0.2, 0) is 13.0 Å². The first kappa shape index (κ1) is 12.3. The van der Waals surface area contributed by atoms with Crippen LogP contribution in [0.4, 0.5) is 0 Å².